The zero-order chi connectivity index (χ0) is 17.4. The molecule has 0 radical (unpaired) electrons. The number of ether oxygens (including phenoxy) is 2. The number of carbonyl (C=O) groups is 1. The lowest BCUT2D eigenvalue weighted by atomic mass is 9.94. The Kier molecular flexibility index (Phi) is 4.61. The van der Waals surface area contributed by atoms with Gasteiger partial charge in [0.2, 0.25) is 5.91 Å². The average molecular weight is 423 g/mol. The van der Waals surface area contributed by atoms with E-state index in [1.54, 1.807) is 6.07 Å². The van der Waals surface area contributed by atoms with Crippen molar-refractivity contribution in [3.05, 3.63) is 57.0 Å². The van der Waals surface area contributed by atoms with Crippen LogP contribution < -0.4 is 14.8 Å². The Morgan fingerprint density at radius 1 is 1.16 bits per heavy atom. The fourth-order valence-electron chi connectivity index (χ4n) is 3.34. The van der Waals surface area contributed by atoms with Gasteiger partial charge in [-0.2, -0.15) is 0 Å². The van der Waals surface area contributed by atoms with Gasteiger partial charge in [-0.25, -0.2) is 0 Å². The molecule has 2 aliphatic rings. The minimum atomic E-state index is -0.218. The van der Waals surface area contributed by atoms with Crippen LogP contribution in [0.1, 0.15) is 23.6 Å². The summed E-state index contributed by atoms with van der Waals surface area (Å²) in [6.07, 6.45) is 1.39. The number of rotatable bonds is 2. The molecule has 130 valence electrons. The van der Waals surface area contributed by atoms with E-state index in [1.807, 2.05) is 30.3 Å². The first-order valence-corrected chi connectivity index (χ1v) is 9.41. The van der Waals surface area contributed by atoms with Gasteiger partial charge in [0.15, 0.2) is 0 Å². The van der Waals surface area contributed by atoms with Crippen molar-refractivity contribution in [2.75, 3.05) is 13.2 Å². The molecule has 0 fully saturated rings. The predicted octanol–water partition coefficient (Wildman–Crippen LogP) is 4.29. The van der Waals surface area contributed by atoms with Gasteiger partial charge in [0.25, 0.3) is 0 Å². The van der Waals surface area contributed by atoms with Gasteiger partial charge in [-0.15, -0.1) is 0 Å². The second kappa shape index (κ2) is 6.89. The van der Waals surface area contributed by atoms with Crippen LogP contribution in [0.5, 0.6) is 11.5 Å². The molecule has 0 aromatic heterocycles. The van der Waals surface area contributed by atoms with E-state index in [2.05, 4.69) is 21.2 Å². The Morgan fingerprint density at radius 3 is 2.88 bits per heavy atom. The standard InChI is InChI=1S/C19H17BrClNO3/c20-13-1-3-18-15(9-13)16(5-6-24-18)22-19(23)12-7-11-8-14(21)2-4-17(11)25-10-12/h1-4,8-9,12,16H,5-7,10H2,(H,22,23). The van der Waals surface area contributed by atoms with E-state index >= 15 is 0 Å². The molecule has 2 atom stereocenters. The van der Waals surface area contributed by atoms with E-state index in [0.717, 1.165) is 33.5 Å². The first-order chi connectivity index (χ1) is 12.1. The van der Waals surface area contributed by atoms with Crippen molar-refractivity contribution in [3.8, 4) is 11.5 Å². The monoisotopic (exact) mass is 421 g/mol. The second-order valence-electron chi connectivity index (χ2n) is 6.34. The quantitative estimate of drug-likeness (QED) is 0.785. The van der Waals surface area contributed by atoms with Crippen LogP contribution in [0, 0.1) is 5.92 Å². The zero-order valence-electron chi connectivity index (χ0n) is 13.4. The van der Waals surface area contributed by atoms with Crippen LogP contribution >= 0.6 is 27.5 Å². The number of benzene rings is 2. The number of hydrogen-bond acceptors (Lipinski definition) is 3. The molecule has 1 N–H and O–H groups in total. The molecule has 1 amide bonds. The molecule has 0 saturated carbocycles. The third-order valence-electron chi connectivity index (χ3n) is 4.63. The molecule has 0 saturated heterocycles. The topological polar surface area (TPSA) is 47.6 Å². The lowest BCUT2D eigenvalue weighted by molar-refractivity contribution is -0.127. The molecule has 0 aliphatic carbocycles. The second-order valence-corrected chi connectivity index (χ2v) is 7.70. The number of halogens is 2. The molecular formula is C19H17BrClNO3. The maximum atomic E-state index is 12.8. The molecular weight excluding hydrogens is 406 g/mol. The van der Waals surface area contributed by atoms with Crippen LogP contribution in [0.15, 0.2) is 40.9 Å². The summed E-state index contributed by atoms with van der Waals surface area (Å²) in [6, 6.07) is 11.4. The molecule has 2 unspecified atom stereocenters. The lowest BCUT2D eigenvalue weighted by Crippen LogP contribution is -2.40. The minimum Gasteiger partial charge on any atom is -0.493 e. The van der Waals surface area contributed by atoms with E-state index in [-0.39, 0.29) is 17.9 Å². The first-order valence-electron chi connectivity index (χ1n) is 8.24. The van der Waals surface area contributed by atoms with Gasteiger partial charge in [0.05, 0.1) is 18.6 Å². The van der Waals surface area contributed by atoms with Gasteiger partial charge in [-0.1, -0.05) is 27.5 Å². The molecule has 0 spiro atoms. The molecule has 0 bridgehead atoms. The average Bonchev–Trinajstić information content (AvgIpc) is 2.61. The Labute approximate surface area is 159 Å². The summed E-state index contributed by atoms with van der Waals surface area (Å²) in [4.78, 5) is 12.8. The van der Waals surface area contributed by atoms with E-state index in [1.165, 1.54) is 0 Å². The Bertz CT molecular complexity index is 826. The van der Waals surface area contributed by atoms with Crippen LogP contribution in [0.25, 0.3) is 0 Å². The highest BCUT2D eigenvalue weighted by molar-refractivity contribution is 9.10. The largest absolute Gasteiger partial charge is 0.493 e. The highest BCUT2D eigenvalue weighted by atomic mass is 79.9. The molecule has 25 heavy (non-hydrogen) atoms. The summed E-state index contributed by atoms with van der Waals surface area (Å²) in [5.74, 6) is 1.43. The van der Waals surface area contributed by atoms with Crippen LogP contribution in [0.2, 0.25) is 5.02 Å². The van der Waals surface area contributed by atoms with Crippen molar-refractivity contribution in [1.29, 1.82) is 0 Å². The summed E-state index contributed by atoms with van der Waals surface area (Å²) in [6.45, 7) is 0.980. The number of fused-ring (bicyclic) bond motifs is 2. The summed E-state index contributed by atoms with van der Waals surface area (Å²) in [7, 11) is 0. The number of hydrogen-bond donors (Lipinski definition) is 1. The van der Waals surface area contributed by atoms with Crippen molar-refractivity contribution in [2.45, 2.75) is 18.9 Å². The van der Waals surface area contributed by atoms with Crippen molar-refractivity contribution < 1.29 is 14.3 Å². The minimum absolute atomic E-state index is 0.00320. The lowest BCUT2D eigenvalue weighted by Gasteiger charge is -2.30. The van der Waals surface area contributed by atoms with E-state index in [4.69, 9.17) is 21.1 Å². The van der Waals surface area contributed by atoms with Crippen LogP contribution in [-0.2, 0) is 11.2 Å². The first kappa shape index (κ1) is 16.7. The summed E-state index contributed by atoms with van der Waals surface area (Å²) < 4.78 is 12.4. The molecule has 4 rings (SSSR count). The van der Waals surface area contributed by atoms with E-state index < -0.39 is 0 Å². The van der Waals surface area contributed by atoms with Gasteiger partial charge in [0, 0.05) is 21.5 Å². The third-order valence-corrected chi connectivity index (χ3v) is 5.36. The maximum absolute atomic E-state index is 12.8. The van der Waals surface area contributed by atoms with Gasteiger partial charge < -0.3 is 14.8 Å². The highest BCUT2D eigenvalue weighted by Gasteiger charge is 2.30. The van der Waals surface area contributed by atoms with Crippen molar-refractivity contribution >= 4 is 33.4 Å². The van der Waals surface area contributed by atoms with Crippen LogP contribution in [0.4, 0.5) is 0 Å². The Hall–Kier alpha value is -1.72. The van der Waals surface area contributed by atoms with Crippen molar-refractivity contribution in [3.63, 3.8) is 0 Å². The van der Waals surface area contributed by atoms with Crippen LogP contribution in [-0.4, -0.2) is 19.1 Å². The molecule has 2 aromatic carbocycles. The SMILES string of the molecule is O=C(NC1CCOc2ccc(Br)cc21)C1COc2ccc(Cl)cc2C1. The summed E-state index contributed by atoms with van der Waals surface area (Å²) in [5, 5.41) is 3.82. The van der Waals surface area contributed by atoms with Gasteiger partial charge in [-0.05, 0) is 48.4 Å². The highest BCUT2D eigenvalue weighted by Crippen LogP contribution is 2.35. The van der Waals surface area contributed by atoms with Gasteiger partial charge in [0.1, 0.15) is 18.1 Å². The van der Waals surface area contributed by atoms with E-state index in [9.17, 15) is 4.79 Å². The molecule has 2 aromatic rings. The Morgan fingerprint density at radius 2 is 2.00 bits per heavy atom. The molecule has 6 heteroatoms. The normalized spacial score (nSPS) is 21.4. The van der Waals surface area contributed by atoms with Crippen molar-refractivity contribution in [1.82, 2.24) is 5.32 Å². The maximum Gasteiger partial charge on any atom is 0.227 e. The molecule has 2 aliphatic heterocycles. The number of nitrogens with one attached hydrogen (secondary N) is 1. The smallest absolute Gasteiger partial charge is 0.227 e. The number of amides is 1. The van der Waals surface area contributed by atoms with Crippen molar-refractivity contribution in [2.24, 2.45) is 5.92 Å². The summed E-state index contributed by atoms with van der Waals surface area (Å²) >= 11 is 9.54. The van der Waals surface area contributed by atoms with Gasteiger partial charge >= 0.3 is 0 Å². The third kappa shape index (κ3) is 3.48. The fraction of sp³-hybridized carbons (Fsp3) is 0.316. The Balaban J connectivity index is 1.49. The van der Waals surface area contributed by atoms with Gasteiger partial charge in [-0.3, -0.25) is 4.79 Å². The molecule has 4 nitrogen and oxygen atoms in total. The zero-order valence-corrected chi connectivity index (χ0v) is 15.8. The van der Waals surface area contributed by atoms with E-state index in [0.29, 0.717) is 24.7 Å². The predicted molar refractivity (Wildman–Crippen MR) is 99.3 cm³/mol. The number of carbonyl (C=O) groups excluding carboxylic acids is 1. The molecule has 2 heterocycles. The van der Waals surface area contributed by atoms with Crippen LogP contribution in [0.3, 0.4) is 0 Å². The summed E-state index contributed by atoms with van der Waals surface area (Å²) in [5.41, 5.74) is 1.99. The fourth-order valence-corrected chi connectivity index (χ4v) is 3.91.